The molecule has 2 N–H and O–H groups in total. The third kappa shape index (κ3) is 4.35. The number of amides is 3. The van der Waals surface area contributed by atoms with Gasteiger partial charge in [0.25, 0.3) is 5.91 Å². The molecule has 1 saturated heterocycles. The van der Waals surface area contributed by atoms with Crippen molar-refractivity contribution in [1.29, 1.82) is 0 Å². The molecule has 0 saturated carbocycles. The number of likely N-dealkylation sites (tertiary alicyclic amines) is 1. The van der Waals surface area contributed by atoms with Crippen molar-refractivity contribution in [2.45, 2.75) is 26.3 Å². The third-order valence-electron chi connectivity index (χ3n) is 4.32. The van der Waals surface area contributed by atoms with Crippen LogP contribution in [0.4, 0.5) is 10.5 Å². The lowest BCUT2D eigenvalue weighted by Crippen LogP contribution is -2.29. The molecular weight excluding hydrogens is 316 g/mol. The summed E-state index contributed by atoms with van der Waals surface area (Å²) >= 11 is 0. The van der Waals surface area contributed by atoms with Crippen LogP contribution in [-0.2, 0) is 6.54 Å². The van der Waals surface area contributed by atoms with Crippen molar-refractivity contribution in [1.82, 2.24) is 15.2 Å². The molecule has 0 spiro atoms. The largest absolute Gasteiger partial charge is 0.339 e. The summed E-state index contributed by atoms with van der Waals surface area (Å²) in [6, 6.07) is 8.81. The fourth-order valence-corrected chi connectivity index (χ4v) is 2.89. The minimum Gasteiger partial charge on any atom is -0.339 e. The van der Waals surface area contributed by atoms with Gasteiger partial charge in [-0.2, -0.15) is 0 Å². The molecule has 0 atom stereocenters. The van der Waals surface area contributed by atoms with Gasteiger partial charge in [0.05, 0.1) is 0 Å². The molecule has 0 unspecified atom stereocenters. The maximum Gasteiger partial charge on any atom is 0.319 e. The van der Waals surface area contributed by atoms with E-state index in [9.17, 15) is 9.59 Å². The van der Waals surface area contributed by atoms with E-state index in [0.717, 1.165) is 37.1 Å². The zero-order valence-corrected chi connectivity index (χ0v) is 14.3. The number of aromatic nitrogens is 1. The summed E-state index contributed by atoms with van der Waals surface area (Å²) < 4.78 is 0. The summed E-state index contributed by atoms with van der Waals surface area (Å²) in [4.78, 5) is 30.3. The molecule has 2 aromatic rings. The second-order valence-electron chi connectivity index (χ2n) is 6.19. The Labute approximate surface area is 147 Å². The van der Waals surface area contributed by atoms with Gasteiger partial charge in [0.15, 0.2) is 0 Å². The van der Waals surface area contributed by atoms with Crippen molar-refractivity contribution in [2.24, 2.45) is 0 Å². The van der Waals surface area contributed by atoms with Crippen molar-refractivity contribution in [3.8, 4) is 0 Å². The minimum atomic E-state index is -0.279. The number of urea groups is 1. The van der Waals surface area contributed by atoms with Crippen LogP contribution in [0.3, 0.4) is 0 Å². The van der Waals surface area contributed by atoms with E-state index in [0.29, 0.717) is 17.8 Å². The maximum absolute atomic E-state index is 12.4. The molecule has 6 heteroatoms. The Hall–Kier alpha value is -2.89. The van der Waals surface area contributed by atoms with Crippen molar-refractivity contribution < 1.29 is 9.59 Å². The molecular formula is C19H22N4O2. The van der Waals surface area contributed by atoms with E-state index in [-0.39, 0.29) is 11.9 Å². The molecule has 1 aliphatic heterocycles. The van der Waals surface area contributed by atoms with Crippen molar-refractivity contribution in [2.75, 3.05) is 18.4 Å². The standard InChI is InChI=1S/C19H22N4O2/c1-14-12-16(18(24)23-10-2-3-11-23)4-5-17(14)22-19(25)21-13-15-6-8-20-9-7-15/h4-9,12H,2-3,10-11,13H2,1H3,(H2,21,22,25). The fraction of sp³-hybridized carbons (Fsp3) is 0.316. The average molecular weight is 338 g/mol. The first-order chi connectivity index (χ1) is 12.1. The molecule has 0 radical (unpaired) electrons. The highest BCUT2D eigenvalue weighted by Crippen LogP contribution is 2.19. The van der Waals surface area contributed by atoms with Crippen LogP contribution in [-0.4, -0.2) is 34.9 Å². The molecule has 0 bridgehead atoms. The van der Waals surface area contributed by atoms with Crippen molar-refractivity contribution in [3.05, 3.63) is 59.4 Å². The Morgan fingerprint density at radius 2 is 1.84 bits per heavy atom. The molecule has 3 amide bonds. The summed E-state index contributed by atoms with van der Waals surface area (Å²) in [6.07, 6.45) is 5.52. The molecule has 130 valence electrons. The van der Waals surface area contributed by atoms with Crippen molar-refractivity contribution >= 4 is 17.6 Å². The van der Waals surface area contributed by atoms with Gasteiger partial charge >= 0.3 is 6.03 Å². The van der Waals surface area contributed by atoms with Gasteiger partial charge in [-0.1, -0.05) is 0 Å². The number of carbonyl (C=O) groups is 2. The summed E-state index contributed by atoms with van der Waals surface area (Å²) in [5.41, 5.74) is 3.21. The third-order valence-corrected chi connectivity index (χ3v) is 4.32. The Balaban J connectivity index is 1.59. The topological polar surface area (TPSA) is 74.3 Å². The Kier molecular flexibility index (Phi) is 5.28. The number of hydrogen-bond donors (Lipinski definition) is 2. The first-order valence-corrected chi connectivity index (χ1v) is 8.47. The van der Waals surface area contributed by atoms with E-state index in [1.54, 1.807) is 24.5 Å². The number of rotatable bonds is 4. The Bertz CT molecular complexity index is 755. The number of hydrogen-bond acceptors (Lipinski definition) is 3. The lowest BCUT2D eigenvalue weighted by atomic mass is 10.1. The summed E-state index contributed by atoms with van der Waals surface area (Å²) in [5, 5.41) is 5.63. The number of nitrogens with one attached hydrogen (secondary N) is 2. The number of benzene rings is 1. The SMILES string of the molecule is Cc1cc(C(=O)N2CCCC2)ccc1NC(=O)NCc1ccncc1. The highest BCUT2D eigenvalue weighted by Gasteiger charge is 2.19. The Morgan fingerprint density at radius 3 is 2.52 bits per heavy atom. The smallest absolute Gasteiger partial charge is 0.319 e. The number of anilines is 1. The predicted molar refractivity (Wildman–Crippen MR) is 96.4 cm³/mol. The highest BCUT2D eigenvalue weighted by molar-refractivity contribution is 5.96. The van der Waals surface area contributed by atoms with Gasteiger partial charge in [0.2, 0.25) is 0 Å². The van der Waals surface area contributed by atoms with Gasteiger partial charge in [0, 0.05) is 43.3 Å². The highest BCUT2D eigenvalue weighted by atomic mass is 16.2. The molecule has 25 heavy (non-hydrogen) atoms. The van der Waals surface area contributed by atoms with E-state index in [1.165, 1.54) is 0 Å². The van der Waals surface area contributed by atoms with Gasteiger partial charge in [-0.25, -0.2) is 4.79 Å². The first kappa shape index (κ1) is 17.0. The van der Waals surface area contributed by atoms with Gasteiger partial charge in [-0.3, -0.25) is 9.78 Å². The fourth-order valence-electron chi connectivity index (χ4n) is 2.89. The number of aryl methyl sites for hydroxylation is 1. The first-order valence-electron chi connectivity index (χ1n) is 8.47. The molecule has 3 rings (SSSR count). The zero-order valence-electron chi connectivity index (χ0n) is 14.3. The van der Waals surface area contributed by atoms with Crippen LogP contribution in [0.15, 0.2) is 42.7 Å². The van der Waals surface area contributed by atoms with Gasteiger partial charge in [-0.15, -0.1) is 0 Å². The summed E-state index contributed by atoms with van der Waals surface area (Å²) in [5.74, 6) is 0.0642. The normalized spacial score (nSPS) is 13.6. The molecule has 2 heterocycles. The number of carbonyl (C=O) groups excluding carboxylic acids is 2. The lowest BCUT2D eigenvalue weighted by Gasteiger charge is -2.16. The van der Waals surface area contributed by atoms with Gasteiger partial charge < -0.3 is 15.5 Å². The minimum absolute atomic E-state index is 0.0642. The average Bonchev–Trinajstić information content (AvgIpc) is 3.16. The van der Waals surface area contributed by atoms with Gasteiger partial charge in [-0.05, 0) is 61.2 Å². The predicted octanol–water partition coefficient (Wildman–Crippen LogP) is 2.95. The molecule has 1 fully saturated rings. The number of pyridine rings is 1. The summed E-state index contributed by atoms with van der Waals surface area (Å²) in [7, 11) is 0. The van der Waals surface area contributed by atoms with Crippen molar-refractivity contribution in [3.63, 3.8) is 0 Å². The van der Waals surface area contributed by atoms with Gasteiger partial charge in [0.1, 0.15) is 0 Å². The summed E-state index contributed by atoms with van der Waals surface area (Å²) in [6.45, 7) is 3.97. The lowest BCUT2D eigenvalue weighted by molar-refractivity contribution is 0.0792. The second-order valence-corrected chi connectivity index (χ2v) is 6.19. The molecule has 1 aromatic carbocycles. The van der Waals surface area contributed by atoms with E-state index in [2.05, 4.69) is 15.6 Å². The molecule has 1 aromatic heterocycles. The quantitative estimate of drug-likeness (QED) is 0.900. The van der Waals surface area contributed by atoms with Crippen LogP contribution in [0.25, 0.3) is 0 Å². The van der Waals surface area contributed by atoms with E-state index in [4.69, 9.17) is 0 Å². The maximum atomic E-state index is 12.4. The van der Waals surface area contributed by atoms with E-state index < -0.39 is 0 Å². The van der Waals surface area contributed by atoms with Crippen LogP contribution in [0.1, 0.15) is 34.3 Å². The van der Waals surface area contributed by atoms with Crippen LogP contribution in [0.2, 0.25) is 0 Å². The van der Waals surface area contributed by atoms with Crippen LogP contribution < -0.4 is 10.6 Å². The van der Waals surface area contributed by atoms with E-state index >= 15 is 0 Å². The van der Waals surface area contributed by atoms with Crippen LogP contribution >= 0.6 is 0 Å². The van der Waals surface area contributed by atoms with E-state index in [1.807, 2.05) is 30.0 Å². The molecule has 1 aliphatic rings. The van der Waals surface area contributed by atoms with Crippen LogP contribution in [0.5, 0.6) is 0 Å². The zero-order chi connectivity index (χ0) is 17.6. The Morgan fingerprint density at radius 1 is 1.12 bits per heavy atom. The molecule has 6 nitrogen and oxygen atoms in total. The monoisotopic (exact) mass is 338 g/mol. The second kappa shape index (κ2) is 7.79. The number of nitrogens with zero attached hydrogens (tertiary/aromatic N) is 2. The molecule has 0 aliphatic carbocycles. The van der Waals surface area contributed by atoms with Crippen LogP contribution in [0, 0.1) is 6.92 Å².